The van der Waals surface area contributed by atoms with Crippen LogP contribution in [0.3, 0.4) is 0 Å². The molecule has 4 aromatic rings. The first-order valence-corrected chi connectivity index (χ1v) is 6.05. The predicted molar refractivity (Wildman–Crippen MR) is 76.6 cm³/mol. The third-order valence-corrected chi connectivity index (χ3v) is 3.51. The molecule has 0 unspecified atom stereocenters. The maximum absolute atomic E-state index is 3.24. The van der Waals surface area contributed by atoms with Crippen molar-refractivity contribution in [2.24, 2.45) is 0 Å². The highest BCUT2D eigenvalue weighted by Gasteiger charge is 2.03. The molecule has 0 spiro atoms. The average molecular weight is 226 g/mol. The zero-order chi connectivity index (χ0) is 11.9. The van der Waals surface area contributed by atoms with E-state index in [4.69, 9.17) is 0 Å². The molecule has 82 valence electrons. The van der Waals surface area contributed by atoms with E-state index in [1.165, 1.54) is 26.9 Å². The van der Waals surface area contributed by atoms with E-state index in [9.17, 15) is 0 Å². The molecule has 0 aliphatic heterocycles. The molecule has 0 saturated heterocycles. The molecule has 0 N–H and O–H groups in total. The first kappa shape index (κ1) is 9.67. The third kappa shape index (κ3) is 1.26. The Kier molecular flexibility index (Phi) is 1.92. The van der Waals surface area contributed by atoms with Crippen LogP contribution in [0.5, 0.6) is 0 Å². The van der Waals surface area contributed by atoms with E-state index in [2.05, 4.69) is 60.7 Å². The Labute approximate surface area is 105 Å². The summed E-state index contributed by atoms with van der Waals surface area (Å²) in [6.07, 6.45) is 0. The highest BCUT2D eigenvalue weighted by Crippen LogP contribution is 2.30. The van der Waals surface area contributed by atoms with Crippen LogP contribution in [0.15, 0.2) is 60.7 Å². The van der Waals surface area contributed by atoms with Gasteiger partial charge in [0, 0.05) is 0 Å². The Morgan fingerprint density at radius 1 is 0.667 bits per heavy atom. The summed E-state index contributed by atoms with van der Waals surface area (Å²) < 4.78 is 0. The van der Waals surface area contributed by atoms with Gasteiger partial charge in [0.1, 0.15) is 0 Å². The van der Waals surface area contributed by atoms with Gasteiger partial charge in [-0.05, 0) is 56.6 Å². The van der Waals surface area contributed by atoms with Crippen LogP contribution in [-0.2, 0) is 0 Å². The largest absolute Gasteiger partial charge is 0.0616 e. The lowest BCUT2D eigenvalue weighted by Gasteiger charge is -2.06. The minimum atomic E-state index is 1.15. The van der Waals surface area contributed by atoms with Gasteiger partial charge in [-0.15, -0.1) is 0 Å². The standard InChI is InChI=1S/C18H10/c1-3-7-15-13(5-1)9-11-18-16-8-4-2-6-14(16)10-12-17(15)18/h1-3,5,7-12H. The van der Waals surface area contributed by atoms with Crippen molar-refractivity contribution in [3.8, 4) is 0 Å². The minimum Gasteiger partial charge on any atom is -0.0616 e. The maximum Gasteiger partial charge on any atom is -0.00926 e. The van der Waals surface area contributed by atoms with Gasteiger partial charge in [-0.2, -0.15) is 0 Å². The van der Waals surface area contributed by atoms with Gasteiger partial charge in [0.25, 0.3) is 0 Å². The van der Waals surface area contributed by atoms with Crippen molar-refractivity contribution >= 4 is 32.3 Å². The van der Waals surface area contributed by atoms with Crippen molar-refractivity contribution < 1.29 is 0 Å². The van der Waals surface area contributed by atoms with Crippen molar-refractivity contribution in [3.05, 3.63) is 72.8 Å². The predicted octanol–water partition coefficient (Wildman–Crippen LogP) is 4.75. The zero-order valence-corrected chi connectivity index (χ0v) is 9.77. The van der Waals surface area contributed by atoms with Gasteiger partial charge in [-0.25, -0.2) is 0 Å². The first-order chi connectivity index (χ1) is 8.93. The lowest BCUT2D eigenvalue weighted by atomic mass is 9.97. The van der Waals surface area contributed by atoms with Crippen LogP contribution in [0, 0.1) is 12.1 Å². The highest BCUT2D eigenvalue weighted by molar-refractivity contribution is 6.16. The molecule has 0 aromatic heterocycles. The van der Waals surface area contributed by atoms with Crippen molar-refractivity contribution in [2.45, 2.75) is 0 Å². The van der Waals surface area contributed by atoms with Gasteiger partial charge in [-0.1, -0.05) is 48.5 Å². The van der Waals surface area contributed by atoms with Gasteiger partial charge < -0.3 is 0 Å². The Morgan fingerprint density at radius 2 is 1.50 bits per heavy atom. The molecule has 0 saturated carbocycles. The van der Waals surface area contributed by atoms with Crippen molar-refractivity contribution in [2.75, 3.05) is 0 Å². The van der Waals surface area contributed by atoms with Gasteiger partial charge in [-0.3, -0.25) is 0 Å². The molecular weight excluding hydrogens is 216 g/mol. The van der Waals surface area contributed by atoms with Crippen LogP contribution in [-0.4, -0.2) is 0 Å². The summed E-state index contributed by atoms with van der Waals surface area (Å²) >= 11 is 0. The van der Waals surface area contributed by atoms with E-state index in [0.717, 1.165) is 5.39 Å². The second kappa shape index (κ2) is 3.58. The number of benzene rings is 4. The highest BCUT2D eigenvalue weighted by atomic mass is 14.1. The Hall–Kier alpha value is -2.34. The normalized spacial score (nSPS) is 11.3. The molecule has 0 amide bonds. The zero-order valence-electron chi connectivity index (χ0n) is 9.77. The van der Waals surface area contributed by atoms with Gasteiger partial charge in [0.2, 0.25) is 0 Å². The van der Waals surface area contributed by atoms with E-state index < -0.39 is 0 Å². The van der Waals surface area contributed by atoms with Gasteiger partial charge in [0.15, 0.2) is 0 Å². The van der Waals surface area contributed by atoms with Crippen molar-refractivity contribution in [1.82, 2.24) is 0 Å². The molecule has 0 bridgehead atoms. The quantitative estimate of drug-likeness (QED) is 0.380. The van der Waals surface area contributed by atoms with E-state index in [0.29, 0.717) is 0 Å². The van der Waals surface area contributed by atoms with E-state index in [1.54, 1.807) is 0 Å². The van der Waals surface area contributed by atoms with E-state index >= 15 is 0 Å². The fourth-order valence-corrected chi connectivity index (χ4v) is 2.64. The molecule has 0 aliphatic carbocycles. The molecular formula is C18H10. The number of hydrogen-bond donors (Lipinski definition) is 0. The van der Waals surface area contributed by atoms with E-state index in [1.807, 2.05) is 12.1 Å². The molecule has 0 heterocycles. The summed E-state index contributed by atoms with van der Waals surface area (Å²) in [7, 11) is 0. The molecule has 0 atom stereocenters. The summed E-state index contributed by atoms with van der Waals surface area (Å²) in [5.74, 6) is 0. The number of rotatable bonds is 0. The summed E-state index contributed by atoms with van der Waals surface area (Å²) in [5.41, 5.74) is 0. The lowest BCUT2D eigenvalue weighted by Crippen LogP contribution is -1.80. The van der Waals surface area contributed by atoms with Crippen LogP contribution in [0.4, 0.5) is 0 Å². The molecule has 4 aromatic carbocycles. The average Bonchev–Trinajstić information content (AvgIpc) is 2.46. The Morgan fingerprint density at radius 3 is 2.50 bits per heavy atom. The van der Waals surface area contributed by atoms with Crippen LogP contribution in [0.2, 0.25) is 0 Å². The smallest absolute Gasteiger partial charge is 0.00926 e. The summed E-state index contributed by atoms with van der Waals surface area (Å²) in [5, 5.41) is 7.54. The number of fused-ring (bicyclic) bond motifs is 5. The molecule has 2 radical (unpaired) electrons. The molecule has 0 heteroatoms. The minimum absolute atomic E-state index is 1.15. The first-order valence-electron chi connectivity index (χ1n) is 6.05. The second-order valence-electron chi connectivity index (χ2n) is 4.51. The fraction of sp³-hybridized carbons (Fsp3) is 0. The third-order valence-electron chi connectivity index (χ3n) is 3.51. The van der Waals surface area contributed by atoms with E-state index in [-0.39, 0.29) is 0 Å². The van der Waals surface area contributed by atoms with Gasteiger partial charge in [0.05, 0.1) is 0 Å². The van der Waals surface area contributed by atoms with Crippen molar-refractivity contribution in [1.29, 1.82) is 0 Å². The Balaban J connectivity index is 2.31. The van der Waals surface area contributed by atoms with Crippen LogP contribution in [0.1, 0.15) is 0 Å². The SMILES string of the molecule is [c]1c[c]c2ccc3c4ccccc4ccc3c2c1. The van der Waals surface area contributed by atoms with Gasteiger partial charge >= 0.3 is 0 Å². The topological polar surface area (TPSA) is 0 Å². The number of hydrogen-bond acceptors (Lipinski definition) is 0. The molecule has 0 nitrogen and oxygen atoms in total. The monoisotopic (exact) mass is 226 g/mol. The Bertz CT molecular complexity index is 797. The summed E-state index contributed by atoms with van der Waals surface area (Å²) in [6, 6.07) is 27.5. The maximum atomic E-state index is 3.24. The lowest BCUT2D eigenvalue weighted by molar-refractivity contribution is 1.75. The molecule has 0 fully saturated rings. The van der Waals surface area contributed by atoms with Crippen molar-refractivity contribution in [3.63, 3.8) is 0 Å². The fourth-order valence-electron chi connectivity index (χ4n) is 2.64. The van der Waals surface area contributed by atoms with Crippen LogP contribution >= 0.6 is 0 Å². The summed E-state index contributed by atoms with van der Waals surface area (Å²) in [4.78, 5) is 0. The molecule has 0 aliphatic rings. The van der Waals surface area contributed by atoms with Crippen LogP contribution < -0.4 is 0 Å². The second-order valence-corrected chi connectivity index (χ2v) is 4.51. The molecule has 4 rings (SSSR count). The molecule has 18 heavy (non-hydrogen) atoms. The van der Waals surface area contributed by atoms with Crippen LogP contribution in [0.25, 0.3) is 32.3 Å². The summed E-state index contributed by atoms with van der Waals surface area (Å²) in [6.45, 7) is 0.